The molecular weight excluding hydrogens is 685 g/mol. The maximum absolute atomic E-state index is 14.1. The number of esters is 1. The van der Waals surface area contributed by atoms with Crippen molar-refractivity contribution in [3.8, 4) is 11.5 Å². The van der Waals surface area contributed by atoms with Crippen molar-refractivity contribution in [2.24, 2.45) is 5.73 Å². The van der Waals surface area contributed by atoms with Crippen LogP contribution in [0.1, 0.15) is 83.9 Å². The highest BCUT2D eigenvalue weighted by Crippen LogP contribution is 2.45. The molecule has 5 rings (SSSR count). The molecule has 0 aliphatic heterocycles. The van der Waals surface area contributed by atoms with Gasteiger partial charge in [0, 0.05) is 48.4 Å². The molecule has 4 aromatic rings. The molecule has 0 radical (unpaired) electrons. The van der Waals surface area contributed by atoms with E-state index in [1.165, 1.54) is 36.2 Å². The smallest absolute Gasteiger partial charge is 0.338 e. The Labute approximate surface area is 305 Å². The van der Waals surface area contributed by atoms with Crippen LogP contribution in [0, 0.1) is 11.6 Å². The predicted octanol–water partition coefficient (Wildman–Crippen LogP) is 7.66. The van der Waals surface area contributed by atoms with Gasteiger partial charge in [0.15, 0.2) is 0 Å². The zero-order valence-electron chi connectivity index (χ0n) is 28.6. The summed E-state index contributed by atoms with van der Waals surface area (Å²) >= 11 is 0. The minimum atomic E-state index is -0.878. The van der Waals surface area contributed by atoms with Gasteiger partial charge in [-0.15, -0.1) is 24.8 Å². The second-order valence-electron chi connectivity index (χ2n) is 12.5. The van der Waals surface area contributed by atoms with E-state index in [1.54, 1.807) is 17.0 Å². The number of benzene rings is 3. The fraction of sp³-hybridized carbons (Fsp3) is 0.395. The molecule has 1 saturated carbocycles. The minimum Gasteiger partial charge on any atom is -0.456 e. The number of nitrogens with one attached hydrogen (secondary N) is 1. The third kappa shape index (κ3) is 10.1. The van der Waals surface area contributed by atoms with E-state index in [0.29, 0.717) is 29.8 Å². The van der Waals surface area contributed by atoms with Crippen molar-refractivity contribution in [2.45, 2.75) is 77.0 Å². The summed E-state index contributed by atoms with van der Waals surface area (Å²) in [6, 6.07) is 15.6. The van der Waals surface area contributed by atoms with Gasteiger partial charge in [-0.3, -0.25) is 4.79 Å². The quantitative estimate of drug-likeness (QED) is 0.114. The second-order valence-corrected chi connectivity index (χ2v) is 12.5. The predicted molar refractivity (Wildman–Crippen MR) is 195 cm³/mol. The largest absolute Gasteiger partial charge is 0.456 e. The standard InChI is InChI=1S/C38H44F2N4O4.2ClH/c1-4-13-44(14-5-2)36(45)28-20-27(35-42-12-15-47-35)21-29(22-28)37(46)48-34(33(41)19-26-17-31(39)23-32(40)18-26)24-43-38(10-11-38)30-9-7-8-25(6-3)16-30;;/h7-9,12,15-18,20-23,33-34,43H,4-6,10-11,13-14,19,24,41H2,1-3H3;2*1H/t33-,34+;;/m0../s1. The number of carbonyl (C=O) groups is 2. The van der Waals surface area contributed by atoms with Crippen molar-refractivity contribution >= 4 is 36.7 Å². The van der Waals surface area contributed by atoms with E-state index in [1.807, 2.05) is 19.9 Å². The molecule has 3 aromatic carbocycles. The lowest BCUT2D eigenvalue weighted by Gasteiger charge is -2.28. The summed E-state index contributed by atoms with van der Waals surface area (Å²) in [6.07, 6.45) is 6.38. The van der Waals surface area contributed by atoms with Gasteiger partial charge >= 0.3 is 5.97 Å². The van der Waals surface area contributed by atoms with Crippen molar-refractivity contribution in [3.05, 3.63) is 113 Å². The molecule has 1 heterocycles. The Kier molecular flexibility index (Phi) is 15.0. The average molecular weight is 732 g/mol. The van der Waals surface area contributed by atoms with Crippen LogP contribution < -0.4 is 11.1 Å². The van der Waals surface area contributed by atoms with Crippen LogP contribution in [0.4, 0.5) is 8.78 Å². The molecule has 0 unspecified atom stereocenters. The molecule has 12 heteroatoms. The summed E-state index contributed by atoms with van der Waals surface area (Å²) in [5.74, 6) is -2.08. The number of halogens is 4. The maximum atomic E-state index is 14.1. The number of rotatable bonds is 16. The van der Waals surface area contributed by atoms with Gasteiger partial charge in [-0.1, -0.05) is 45.0 Å². The number of oxazole rings is 1. The molecule has 1 aliphatic rings. The summed E-state index contributed by atoms with van der Waals surface area (Å²) in [5, 5.41) is 3.60. The van der Waals surface area contributed by atoms with Gasteiger partial charge in [-0.05, 0) is 85.5 Å². The molecule has 50 heavy (non-hydrogen) atoms. The van der Waals surface area contributed by atoms with Crippen LogP contribution >= 0.6 is 24.8 Å². The molecule has 3 N–H and O–H groups in total. The van der Waals surface area contributed by atoms with Crippen molar-refractivity contribution in [3.63, 3.8) is 0 Å². The topological polar surface area (TPSA) is 111 Å². The monoisotopic (exact) mass is 730 g/mol. The third-order valence-electron chi connectivity index (χ3n) is 8.78. The van der Waals surface area contributed by atoms with E-state index in [-0.39, 0.29) is 60.7 Å². The number of aryl methyl sites for hydroxylation is 1. The average Bonchev–Trinajstić information content (AvgIpc) is 3.67. The van der Waals surface area contributed by atoms with Crippen LogP contribution in [0.3, 0.4) is 0 Å². The second kappa shape index (κ2) is 18.4. The van der Waals surface area contributed by atoms with E-state index in [0.717, 1.165) is 43.7 Å². The number of amides is 1. The molecular formula is C38H46Cl2F2N4O4. The van der Waals surface area contributed by atoms with Gasteiger partial charge in [0.25, 0.3) is 5.91 Å². The first-order chi connectivity index (χ1) is 23.1. The fourth-order valence-corrected chi connectivity index (χ4v) is 6.09. The number of hydrogen-bond donors (Lipinski definition) is 2. The van der Waals surface area contributed by atoms with E-state index >= 15 is 0 Å². The highest BCUT2D eigenvalue weighted by atomic mass is 35.5. The van der Waals surface area contributed by atoms with E-state index < -0.39 is 29.7 Å². The number of carbonyl (C=O) groups excluding carboxylic acids is 2. The van der Waals surface area contributed by atoms with Crippen molar-refractivity contribution in [2.75, 3.05) is 19.6 Å². The zero-order valence-corrected chi connectivity index (χ0v) is 30.3. The lowest BCUT2D eigenvalue weighted by molar-refractivity contribution is 0.0228. The summed E-state index contributed by atoms with van der Waals surface area (Å²) < 4.78 is 39.7. The lowest BCUT2D eigenvalue weighted by atomic mass is 9.98. The SMILES string of the molecule is CCCN(CCC)C(=O)c1cc(C(=O)O[C@H](CNC2(c3cccc(CC)c3)CC2)[C@@H](N)Cc2cc(F)cc(F)c2)cc(-c2ncco2)c1.Cl.Cl. The first-order valence-electron chi connectivity index (χ1n) is 16.7. The Morgan fingerprint density at radius 2 is 1.64 bits per heavy atom. The molecule has 0 bridgehead atoms. The van der Waals surface area contributed by atoms with Gasteiger partial charge in [0.05, 0.1) is 11.8 Å². The Balaban J connectivity index is 0.00000338. The lowest BCUT2D eigenvalue weighted by Crippen LogP contribution is -2.48. The molecule has 1 fully saturated rings. The molecule has 270 valence electrons. The molecule has 0 saturated heterocycles. The number of ether oxygens (including phenoxy) is 1. The Morgan fingerprint density at radius 3 is 2.24 bits per heavy atom. The highest BCUT2D eigenvalue weighted by molar-refractivity contribution is 5.99. The molecule has 0 spiro atoms. The van der Waals surface area contributed by atoms with Gasteiger partial charge in [0.2, 0.25) is 5.89 Å². The number of aromatic nitrogens is 1. The van der Waals surface area contributed by atoms with Crippen molar-refractivity contribution in [1.29, 1.82) is 0 Å². The van der Waals surface area contributed by atoms with Crippen molar-refractivity contribution < 1.29 is 27.5 Å². The maximum Gasteiger partial charge on any atom is 0.338 e. The molecule has 1 aliphatic carbocycles. The van der Waals surface area contributed by atoms with Gasteiger partial charge in [-0.2, -0.15) is 0 Å². The van der Waals surface area contributed by atoms with Crippen LogP contribution in [0.2, 0.25) is 0 Å². The summed E-state index contributed by atoms with van der Waals surface area (Å²) in [5.41, 5.74) is 9.99. The number of nitrogens with two attached hydrogens (primary N) is 1. The summed E-state index contributed by atoms with van der Waals surface area (Å²) in [6.45, 7) is 7.46. The Morgan fingerprint density at radius 1 is 0.960 bits per heavy atom. The Hall–Kier alpha value is -3.83. The van der Waals surface area contributed by atoms with Crippen molar-refractivity contribution in [1.82, 2.24) is 15.2 Å². The number of nitrogens with zero attached hydrogens (tertiary/aromatic N) is 2. The zero-order chi connectivity index (χ0) is 34.3. The van der Waals surface area contributed by atoms with Crippen LogP contribution in [0.5, 0.6) is 0 Å². The highest BCUT2D eigenvalue weighted by Gasteiger charge is 2.44. The van der Waals surface area contributed by atoms with Gasteiger partial charge in [0.1, 0.15) is 24.0 Å². The fourth-order valence-electron chi connectivity index (χ4n) is 6.09. The first kappa shape index (κ1) is 40.6. The molecule has 2 atom stereocenters. The summed E-state index contributed by atoms with van der Waals surface area (Å²) in [7, 11) is 0. The molecule has 1 aromatic heterocycles. The molecule has 1 amide bonds. The first-order valence-corrected chi connectivity index (χ1v) is 16.7. The third-order valence-corrected chi connectivity index (χ3v) is 8.78. The van der Waals surface area contributed by atoms with E-state index in [4.69, 9.17) is 14.9 Å². The van der Waals surface area contributed by atoms with Gasteiger partial charge in [-0.25, -0.2) is 18.6 Å². The molecule has 8 nitrogen and oxygen atoms in total. The Bertz CT molecular complexity index is 1690. The number of hydrogen-bond acceptors (Lipinski definition) is 7. The van der Waals surface area contributed by atoms with Crippen LogP contribution in [0.25, 0.3) is 11.5 Å². The van der Waals surface area contributed by atoms with Gasteiger partial charge < -0.3 is 25.1 Å². The van der Waals surface area contributed by atoms with E-state index in [9.17, 15) is 18.4 Å². The van der Waals surface area contributed by atoms with Crippen LogP contribution in [-0.4, -0.2) is 53.5 Å². The normalized spacial score (nSPS) is 14.1. The van der Waals surface area contributed by atoms with Crippen LogP contribution in [-0.2, 0) is 23.1 Å². The van der Waals surface area contributed by atoms with E-state index in [2.05, 4.69) is 35.4 Å². The van der Waals surface area contributed by atoms with Crippen LogP contribution in [0.15, 0.2) is 77.5 Å². The summed E-state index contributed by atoms with van der Waals surface area (Å²) in [4.78, 5) is 33.6. The minimum absolute atomic E-state index is 0.